The van der Waals surface area contributed by atoms with Crippen LogP contribution in [0, 0.1) is 0 Å². The first-order chi connectivity index (χ1) is 13.7. The Bertz CT molecular complexity index is 956. The highest BCUT2D eigenvalue weighted by Gasteiger charge is 2.19. The van der Waals surface area contributed by atoms with Crippen LogP contribution in [0.2, 0.25) is 0 Å². The summed E-state index contributed by atoms with van der Waals surface area (Å²) in [6.45, 7) is 5.83. The van der Waals surface area contributed by atoms with Gasteiger partial charge >= 0.3 is 5.76 Å². The van der Waals surface area contributed by atoms with Crippen molar-refractivity contribution in [1.29, 1.82) is 0 Å². The van der Waals surface area contributed by atoms with E-state index in [0.29, 0.717) is 18.9 Å². The number of para-hydroxylation sites is 2. The fourth-order valence-corrected chi connectivity index (χ4v) is 3.47. The minimum absolute atomic E-state index is 0.295. The molecule has 0 aliphatic carbocycles. The number of piperazine rings is 1. The van der Waals surface area contributed by atoms with Crippen molar-refractivity contribution >= 4 is 11.1 Å². The fraction of sp³-hybridized carbons (Fsp3) is 0.381. The quantitative estimate of drug-likeness (QED) is 0.624. The van der Waals surface area contributed by atoms with Crippen LogP contribution in [-0.4, -0.2) is 60.8 Å². The molecule has 1 fully saturated rings. The maximum Gasteiger partial charge on any atom is 0.421 e. The van der Waals surface area contributed by atoms with Crippen LogP contribution in [0.15, 0.2) is 57.7 Å². The Morgan fingerprint density at radius 2 is 1.61 bits per heavy atom. The second kappa shape index (κ2) is 8.50. The van der Waals surface area contributed by atoms with E-state index in [0.717, 1.165) is 49.7 Å². The van der Waals surface area contributed by atoms with Gasteiger partial charge < -0.3 is 13.9 Å². The largest absolute Gasteiger partial charge is 0.497 e. The highest BCUT2D eigenvalue weighted by Crippen LogP contribution is 2.17. The summed E-state index contributed by atoms with van der Waals surface area (Å²) in [7, 11) is 1.65. The number of aromatic nitrogens is 1. The van der Waals surface area contributed by atoms with Gasteiger partial charge in [-0.25, -0.2) is 4.79 Å². The SMILES string of the molecule is COc1ccc(OCCN2CCN(Cn3c(=O)oc4ccccc43)CC2)cc1. The molecule has 1 aliphatic rings. The van der Waals surface area contributed by atoms with Crippen LogP contribution in [0.3, 0.4) is 0 Å². The van der Waals surface area contributed by atoms with Crippen LogP contribution in [0.1, 0.15) is 0 Å². The van der Waals surface area contributed by atoms with E-state index in [1.807, 2.05) is 48.5 Å². The van der Waals surface area contributed by atoms with Gasteiger partial charge in [-0.3, -0.25) is 14.4 Å². The van der Waals surface area contributed by atoms with Crippen LogP contribution in [0.4, 0.5) is 0 Å². The molecule has 7 heteroatoms. The minimum Gasteiger partial charge on any atom is -0.497 e. The molecule has 1 saturated heterocycles. The molecule has 1 aromatic heterocycles. The molecular weight excluding hydrogens is 358 g/mol. The Labute approximate surface area is 163 Å². The molecule has 2 heterocycles. The van der Waals surface area contributed by atoms with Crippen molar-refractivity contribution in [2.75, 3.05) is 46.4 Å². The van der Waals surface area contributed by atoms with Crippen molar-refractivity contribution < 1.29 is 13.9 Å². The lowest BCUT2D eigenvalue weighted by Gasteiger charge is -2.34. The van der Waals surface area contributed by atoms with E-state index in [9.17, 15) is 4.79 Å². The topological polar surface area (TPSA) is 60.1 Å². The number of fused-ring (bicyclic) bond motifs is 1. The monoisotopic (exact) mass is 383 g/mol. The summed E-state index contributed by atoms with van der Waals surface area (Å²) in [5.74, 6) is 1.38. The number of oxazole rings is 1. The van der Waals surface area contributed by atoms with Crippen molar-refractivity contribution in [2.45, 2.75) is 6.67 Å². The average Bonchev–Trinajstić information content (AvgIpc) is 3.05. The van der Waals surface area contributed by atoms with Crippen molar-refractivity contribution in [2.24, 2.45) is 0 Å². The van der Waals surface area contributed by atoms with Crippen molar-refractivity contribution in [1.82, 2.24) is 14.4 Å². The van der Waals surface area contributed by atoms with Crippen LogP contribution >= 0.6 is 0 Å². The number of hydrogen-bond donors (Lipinski definition) is 0. The van der Waals surface area contributed by atoms with Gasteiger partial charge in [-0.1, -0.05) is 12.1 Å². The average molecular weight is 383 g/mol. The number of nitrogens with zero attached hydrogens (tertiary/aromatic N) is 3. The Hall–Kier alpha value is -2.77. The van der Waals surface area contributed by atoms with Crippen LogP contribution in [0.25, 0.3) is 11.1 Å². The number of methoxy groups -OCH3 is 1. The molecule has 0 amide bonds. The van der Waals surface area contributed by atoms with E-state index in [4.69, 9.17) is 13.9 Å². The Morgan fingerprint density at radius 3 is 2.36 bits per heavy atom. The molecule has 148 valence electrons. The van der Waals surface area contributed by atoms with Crippen LogP contribution in [0.5, 0.6) is 11.5 Å². The molecule has 1 aliphatic heterocycles. The summed E-state index contributed by atoms with van der Waals surface area (Å²) in [5, 5.41) is 0. The molecule has 0 radical (unpaired) electrons. The van der Waals surface area contributed by atoms with Gasteiger partial charge in [0.2, 0.25) is 0 Å². The Kier molecular flexibility index (Phi) is 5.64. The maximum absolute atomic E-state index is 12.1. The van der Waals surface area contributed by atoms with Crippen molar-refractivity contribution in [3.8, 4) is 11.5 Å². The van der Waals surface area contributed by atoms with Gasteiger partial charge in [-0.05, 0) is 36.4 Å². The first kappa shape index (κ1) is 18.6. The number of benzene rings is 2. The first-order valence-corrected chi connectivity index (χ1v) is 9.53. The minimum atomic E-state index is -0.295. The highest BCUT2D eigenvalue weighted by atomic mass is 16.5. The molecule has 4 rings (SSSR count). The highest BCUT2D eigenvalue weighted by molar-refractivity contribution is 5.72. The van der Waals surface area contributed by atoms with Crippen LogP contribution in [-0.2, 0) is 6.67 Å². The molecule has 0 saturated carbocycles. The van der Waals surface area contributed by atoms with Gasteiger partial charge in [0.25, 0.3) is 0 Å². The third kappa shape index (κ3) is 4.21. The summed E-state index contributed by atoms with van der Waals surface area (Å²) >= 11 is 0. The summed E-state index contributed by atoms with van der Waals surface area (Å²) in [4.78, 5) is 16.8. The zero-order valence-electron chi connectivity index (χ0n) is 16.0. The summed E-state index contributed by atoms with van der Waals surface area (Å²) in [6, 6.07) is 15.2. The zero-order valence-corrected chi connectivity index (χ0v) is 16.0. The number of rotatable bonds is 7. The van der Waals surface area contributed by atoms with Gasteiger partial charge in [0.05, 0.1) is 19.3 Å². The Morgan fingerprint density at radius 1 is 0.929 bits per heavy atom. The molecule has 0 spiro atoms. The lowest BCUT2D eigenvalue weighted by Crippen LogP contribution is -2.48. The molecule has 0 bridgehead atoms. The van der Waals surface area contributed by atoms with E-state index in [1.54, 1.807) is 11.7 Å². The predicted octanol–water partition coefficient (Wildman–Crippen LogP) is 2.26. The smallest absolute Gasteiger partial charge is 0.421 e. The van der Waals surface area contributed by atoms with E-state index in [-0.39, 0.29) is 5.76 Å². The molecular formula is C21H25N3O4. The van der Waals surface area contributed by atoms with Gasteiger partial charge in [0.15, 0.2) is 5.58 Å². The molecule has 7 nitrogen and oxygen atoms in total. The lowest BCUT2D eigenvalue weighted by molar-refractivity contribution is 0.0953. The Balaban J connectivity index is 1.24. The number of hydrogen-bond acceptors (Lipinski definition) is 6. The predicted molar refractivity (Wildman–Crippen MR) is 107 cm³/mol. The molecule has 0 atom stereocenters. The standard InChI is InChI=1S/C21H25N3O4/c1-26-17-6-8-18(9-7-17)27-15-14-22-10-12-23(13-11-22)16-24-19-4-2-3-5-20(19)28-21(24)25/h2-9H,10-16H2,1H3. The third-order valence-corrected chi connectivity index (χ3v) is 5.12. The second-order valence-corrected chi connectivity index (χ2v) is 6.89. The summed E-state index contributed by atoms with van der Waals surface area (Å²) in [6.07, 6.45) is 0. The maximum atomic E-state index is 12.1. The zero-order chi connectivity index (χ0) is 19.3. The molecule has 0 unspecified atom stereocenters. The fourth-order valence-electron chi connectivity index (χ4n) is 3.47. The van der Waals surface area contributed by atoms with E-state index < -0.39 is 0 Å². The molecule has 3 aromatic rings. The van der Waals surface area contributed by atoms with Gasteiger partial charge in [-0.15, -0.1) is 0 Å². The molecule has 28 heavy (non-hydrogen) atoms. The van der Waals surface area contributed by atoms with Gasteiger partial charge in [0, 0.05) is 32.7 Å². The second-order valence-electron chi connectivity index (χ2n) is 6.89. The van der Waals surface area contributed by atoms with Gasteiger partial charge in [0.1, 0.15) is 18.1 Å². The summed E-state index contributed by atoms with van der Waals surface area (Å²) < 4.78 is 18.0. The van der Waals surface area contributed by atoms with Crippen molar-refractivity contribution in [3.05, 3.63) is 59.1 Å². The third-order valence-electron chi connectivity index (χ3n) is 5.12. The van der Waals surface area contributed by atoms with Gasteiger partial charge in [-0.2, -0.15) is 0 Å². The van der Waals surface area contributed by atoms with E-state index >= 15 is 0 Å². The lowest BCUT2D eigenvalue weighted by atomic mass is 10.3. The normalized spacial score (nSPS) is 15.8. The molecule has 2 aromatic carbocycles. The first-order valence-electron chi connectivity index (χ1n) is 9.53. The summed E-state index contributed by atoms with van der Waals surface area (Å²) in [5.41, 5.74) is 1.49. The molecule has 0 N–H and O–H groups in total. The van der Waals surface area contributed by atoms with E-state index in [1.165, 1.54) is 0 Å². The van der Waals surface area contributed by atoms with Crippen molar-refractivity contribution in [3.63, 3.8) is 0 Å². The van der Waals surface area contributed by atoms with Crippen LogP contribution < -0.4 is 15.2 Å². The number of ether oxygens (including phenoxy) is 2. The van der Waals surface area contributed by atoms with E-state index in [2.05, 4.69) is 9.80 Å².